The average molecular weight is 328 g/mol. The highest BCUT2D eigenvalue weighted by Gasteiger charge is 2.08. The van der Waals surface area contributed by atoms with E-state index in [2.05, 4.69) is 24.5 Å². The van der Waals surface area contributed by atoms with Gasteiger partial charge in [-0.2, -0.15) is 0 Å². The van der Waals surface area contributed by atoms with Crippen molar-refractivity contribution in [2.75, 3.05) is 0 Å². The Morgan fingerprint density at radius 1 is 1.08 bits per heavy atom. The van der Waals surface area contributed by atoms with Crippen LogP contribution in [-0.2, 0) is 17.9 Å². The van der Waals surface area contributed by atoms with Gasteiger partial charge in [-0.15, -0.1) is 0 Å². The van der Waals surface area contributed by atoms with Gasteiger partial charge in [0, 0.05) is 18.5 Å². The fourth-order valence-corrected chi connectivity index (χ4v) is 2.21. The largest absolute Gasteiger partial charge is 0.467 e. The third kappa shape index (κ3) is 5.91. The monoisotopic (exact) mass is 328 g/mol. The van der Waals surface area contributed by atoms with Gasteiger partial charge in [0.25, 0.3) is 5.91 Å². The molecule has 0 fully saturated rings. The first-order chi connectivity index (χ1) is 11.5. The zero-order valence-electron chi connectivity index (χ0n) is 14.2. The van der Waals surface area contributed by atoms with E-state index in [-0.39, 0.29) is 11.8 Å². The van der Waals surface area contributed by atoms with Crippen LogP contribution in [0.15, 0.2) is 47.1 Å². The number of hydrogen-bond acceptors (Lipinski definition) is 3. The Bertz CT molecular complexity index is 663. The predicted molar refractivity (Wildman–Crippen MR) is 92.2 cm³/mol. The van der Waals surface area contributed by atoms with Crippen LogP contribution in [0.2, 0.25) is 0 Å². The van der Waals surface area contributed by atoms with Gasteiger partial charge < -0.3 is 15.1 Å². The lowest BCUT2D eigenvalue weighted by Gasteiger charge is -2.08. The van der Waals surface area contributed by atoms with Crippen LogP contribution < -0.4 is 10.6 Å². The summed E-state index contributed by atoms with van der Waals surface area (Å²) < 4.78 is 5.19. The summed E-state index contributed by atoms with van der Waals surface area (Å²) in [6.07, 6.45) is 2.98. The molecular weight excluding hydrogens is 304 g/mol. The van der Waals surface area contributed by atoms with Crippen LogP contribution in [0.4, 0.5) is 0 Å². The van der Waals surface area contributed by atoms with E-state index in [4.69, 9.17) is 4.42 Å². The summed E-state index contributed by atoms with van der Waals surface area (Å²) in [5, 5.41) is 5.70. The molecular formula is C19H24N2O3. The summed E-state index contributed by atoms with van der Waals surface area (Å²) in [5.41, 5.74) is 1.47. The number of carbonyl (C=O) groups is 2. The van der Waals surface area contributed by atoms with Gasteiger partial charge >= 0.3 is 0 Å². The van der Waals surface area contributed by atoms with Crippen LogP contribution in [0.25, 0.3) is 0 Å². The van der Waals surface area contributed by atoms with E-state index >= 15 is 0 Å². The van der Waals surface area contributed by atoms with Crippen LogP contribution in [0, 0.1) is 5.92 Å². The Labute approximate surface area is 142 Å². The Balaban J connectivity index is 1.84. The molecule has 1 heterocycles. The number of furan rings is 1. The average Bonchev–Trinajstić information content (AvgIpc) is 3.09. The molecule has 0 unspecified atom stereocenters. The SMILES string of the molecule is CC(C)CCC(=O)NCc1cccc(C(=O)NCc2ccco2)c1. The van der Waals surface area contributed by atoms with E-state index in [9.17, 15) is 9.59 Å². The minimum Gasteiger partial charge on any atom is -0.467 e. The van der Waals surface area contributed by atoms with Crippen LogP contribution >= 0.6 is 0 Å². The zero-order chi connectivity index (χ0) is 17.4. The number of amides is 2. The zero-order valence-corrected chi connectivity index (χ0v) is 14.2. The molecule has 128 valence electrons. The van der Waals surface area contributed by atoms with Crippen molar-refractivity contribution in [3.63, 3.8) is 0 Å². The van der Waals surface area contributed by atoms with E-state index in [1.807, 2.05) is 18.2 Å². The topological polar surface area (TPSA) is 71.3 Å². The van der Waals surface area contributed by atoms with Gasteiger partial charge in [0.05, 0.1) is 12.8 Å². The molecule has 0 aliphatic carbocycles. The predicted octanol–water partition coefficient (Wildman–Crippen LogP) is 3.26. The summed E-state index contributed by atoms with van der Waals surface area (Å²) in [6, 6.07) is 10.8. The first-order valence-electron chi connectivity index (χ1n) is 8.21. The van der Waals surface area contributed by atoms with Crippen LogP contribution in [0.3, 0.4) is 0 Å². The van der Waals surface area contributed by atoms with Crippen molar-refractivity contribution in [1.82, 2.24) is 10.6 Å². The van der Waals surface area contributed by atoms with Gasteiger partial charge in [-0.25, -0.2) is 0 Å². The highest BCUT2D eigenvalue weighted by molar-refractivity contribution is 5.94. The fraction of sp³-hybridized carbons (Fsp3) is 0.368. The number of carbonyl (C=O) groups excluding carboxylic acids is 2. The third-order valence-corrected chi connectivity index (χ3v) is 3.63. The molecule has 24 heavy (non-hydrogen) atoms. The van der Waals surface area contributed by atoms with Crippen molar-refractivity contribution in [1.29, 1.82) is 0 Å². The Morgan fingerprint density at radius 3 is 2.62 bits per heavy atom. The van der Waals surface area contributed by atoms with Crippen molar-refractivity contribution >= 4 is 11.8 Å². The van der Waals surface area contributed by atoms with Gasteiger partial charge in [0.1, 0.15) is 5.76 Å². The molecule has 1 aromatic heterocycles. The molecule has 0 radical (unpaired) electrons. The van der Waals surface area contributed by atoms with Crippen LogP contribution in [0.1, 0.15) is 48.4 Å². The van der Waals surface area contributed by atoms with E-state index in [0.717, 1.165) is 12.0 Å². The second kappa shape index (κ2) is 8.91. The summed E-state index contributed by atoms with van der Waals surface area (Å²) in [4.78, 5) is 23.9. The molecule has 0 saturated heterocycles. The molecule has 2 aromatic rings. The van der Waals surface area contributed by atoms with E-state index in [1.54, 1.807) is 24.5 Å². The first kappa shape index (κ1) is 17.8. The molecule has 0 atom stereocenters. The molecule has 2 N–H and O–H groups in total. The maximum absolute atomic E-state index is 12.2. The van der Waals surface area contributed by atoms with Crippen LogP contribution in [0.5, 0.6) is 0 Å². The molecule has 0 spiro atoms. The highest BCUT2D eigenvalue weighted by atomic mass is 16.3. The summed E-state index contributed by atoms with van der Waals surface area (Å²) in [5.74, 6) is 1.09. The maximum Gasteiger partial charge on any atom is 0.251 e. The van der Waals surface area contributed by atoms with Crippen molar-refractivity contribution in [2.24, 2.45) is 5.92 Å². The molecule has 0 aliphatic heterocycles. The number of benzene rings is 1. The third-order valence-electron chi connectivity index (χ3n) is 3.63. The Morgan fingerprint density at radius 2 is 1.92 bits per heavy atom. The van der Waals surface area contributed by atoms with Crippen LogP contribution in [-0.4, -0.2) is 11.8 Å². The summed E-state index contributed by atoms with van der Waals surface area (Å²) in [6.45, 7) is 4.97. The second-order valence-electron chi connectivity index (χ2n) is 6.17. The lowest BCUT2D eigenvalue weighted by Crippen LogP contribution is -2.24. The minimum atomic E-state index is -0.167. The summed E-state index contributed by atoms with van der Waals surface area (Å²) >= 11 is 0. The van der Waals surface area contributed by atoms with Gasteiger partial charge in [-0.05, 0) is 42.2 Å². The Kier molecular flexibility index (Phi) is 6.61. The number of nitrogens with one attached hydrogen (secondary N) is 2. The molecule has 0 bridgehead atoms. The van der Waals surface area contributed by atoms with Crippen molar-refractivity contribution in [2.45, 2.75) is 39.8 Å². The molecule has 2 amide bonds. The molecule has 0 saturated carbocycles. The molecule has 2 rings (SSSR count). The van der Waals surface area contributed by atoms with Crippen molar-refractivity contribution < 1.29 is 14.0 Å². The quantitative estimate of drug-likeness (QED) is 0.781. The number of rotatable bonds is 8. The van der Waals surface area contributed by atoms with Gasteiger partial charge in [0.15, 0.2) is 0 Å². The lowest BCUT2D eigenvalue weighted by atomic mass is 10.1. The molecule has 1 aromatic carbocycles. The maximum atomic E-state index is 12.2. The fourth-order valence-electron chi connectivity index (χ4n) is 2.21. The van der Waals surface area contributed by atoms with E-state index in [1.165, 1.54) is 0 Å². The normalized spacial score (nSPS) is 10.6. The smallest absolute Gasteiger partial charge is 0.251 e. The van der Waals surface area contributed by atoms with Gasteiger partial charge in [0.2, 0.25) is 5.91 Å². The minimum absolute atomic E-state index is 0.0383. The van der Waals surface area contributed by atoms with Gasteiger partial charge in [-0.3, -0.25) is 9.59 Å². The Hall–Kier alpha value is -2.56. The van der Waals surface area contributed by atoms with E-state index in [0.29, 0.717) is 36.8 Å². The standard InChI is InChI=1S/C19H24N2O3/c1-14(2)8-9-18(22)20-12-15-5-3-6-16(11-15)19(23)21-13-17-7-4-10-24-17/h3-7,10-11,14H,8-9,12-13H2,1-2H3,(H,20,22)(H,21,23). The highest BCUT2D eigenvalue weighted by Crippen LogP contribution is 2.07. The molecule has 5 heteroatoms. The number of hydrogen-bond donors (Lipinski definition) is 2. The molecule has 5 nitrogen and oxygen atoms in total. The van der Waals surface area contributed by atoms with Gasteiger partial charge in [-0.1, -0.05) is 26.0 Å². The van der Waals surface area contributed by atoms with E-state index < -0.39 is 0 Å². The second-order valence-corrected chi connectivity index (χ2v) is 6.17. The van der Waals surface area contributed by atoms with Crippen molar-refractivity contribution in [3.05, 3.63) is 59.5 Å². The first-order valence-corrected chi connectivity index (χ1v) is 8.21. The summed E-state index contributed by atoms with van der Waals surface area (Å²) in [7, 11) is 0. The van der Waals surface area contributed by atoms with Crippen molar-refractivity contribution in [3.8, 4) is 0 Å². The lowest BCUT2D eigenvalue weighted by molar-refractivity contribution is -0.121. The molecule has 0 aliphatic rings.